The van der Waals surface area contributed by atoms with Gasteiger partial charge in [-0.2, -0.15) is 0 Å². The number of rotatable bonds is 7. The minimum atomic E-state index is -1.77. The van der Waals surface area contributed by atoms with E-state index in [1.165, 1.54) is 0 Å². The Balaban J connectivity index is 3.11. The summed E-state index contributed by atoms with van der Waals surface area (Å²) >= 11 is 1.70. The minimum absolute atomic E-state index is 0.0885. The fourth-order valence-electron chi connectivity index (χ4n) is 1.51. The number of thioether (sulfide) groups is 1. The van der Waals surface area contributed by atoms with Crippen LogP contribution in [-0.2, 0) is 6.42 Å². The predicted octanol–water partition coefficient (Wildman–Crippen LogP) is 2.71. The number of aryl methyl sites for hydroxylation is 1. The van der Waals surface area contributed by atoms with E-state index in [0.29, 0.717) is 11.3 Å². The maximum atomic E-state index is 7.48. The zero-order chi connectivity index (χ0) is 14.5. The second-order valence-corrected chi connectivity index (χ2v) is 4.68. The molecule has 0 atom stereocenters. The highest BCUT2D eigenvalue weighted by Gasteiger charge is 2.10. The maximum absolute atomic E-state index is 7.48. The predicted molar refractivity (Wildman–Crippen MR) is 73.3 cm³/mol. The van der Waals surface area contributed by atoms with Crippen LogP contribution in [0.15, 0.2) is 17.0 Å². The molecule has 0 aromatic heterocycles. The SMILES string of the molecule is [2H]C([2H])(N)Cc1cc(OC)c(SCCC)cc1OC. The second-order valence-electron chi connectivity index (χ2n) is 3.54. The average molecular weight is 257 g/mol. The lowest BCUT2D eigenvalue weighted by molar-refractivity contribution is 0.390. The summed E-state index contributed by atoms with van der Waals surface area (Å²) in [5, 5.41) is 0. The molecule has 0 aliphatic heterocycles. The smallest absolute Gasteiger partial charge is 0.132 e. The third-order valence-corrected chi connectivity index (χ3v) is 3.56. The van der Waals surface area contributed by atoms with Gasteiger partial charge in [0.25, 0.3) is 0 Å². The van der Waals surface area contributed by atoms with E-state index >= 15 is 0 Å². The van der Waals surface area contributed by atoms with Crippen molar-refractivity contribution >= 4 is 11.8 Å². The van der Waals surface area contributed by atoms with Crippen LogP contribution in [0.25, 0.3) is 0 Å². The molecule has 0 spiro atoms. The molecule has 0 saturated heterocycles. The van der Waals surface area contributed by atoms with Crippen molar-refractivity contribution < 1.29 is 12.2 Å². The van der Waals surface area contributed by atoms with Gasteiger partial charge in [-0.25, -0.2) is 0 Å². The first-order chi connectivity index (χ1) is 8.91. The molecule has 3 nitrogen and oxygen atoms in total. The molecule has 4 heteroatoms. The lowest BCUT2D eigenvalue weighted by Crippen LogP contribution is -2.05. The van der Waals surface area contributed by atoms with Gasteiger partial charge in [-0.1, -0.05) is 6.92 Å². The summed E-state index contributed by atoms with van der Waals surface area (Å²) in [5.74, 6) is 2.38. The Morgan fingerprint density at radius 2 is 2.00 bits per heavy atom. The van der Waals surface area contributed by atoms with Crippen molar-refractivity contribution in [3.05, 3.63) is 17.7 Å². The molecule has 0 radical (unpaired) electrons. The molecule has 2 N–H and O–H groups in total. The van der Waals surface area contributed by atoms with Crippen LogP contribution in [0.4, 0.5) is 0 Å². The van der Waals surface area contributed by atoms with E-state index < -0.39 is 6.50 Å². The van der Waals surface area contributed by atoms with E-state index in [9.17, 15) is 0 Å². The van der Waals surface area contributed by atoms with Crippen LogP contribution in [-0.4, -0.2) is 26.5 Å². The molecule has 0 aliphatic rings. The van der Waals surface area contributed by atoms with E-state index in [1.54, 1.807) is 26.0 Å². The molecule has 0 fully saturated rings. The summed E-state index contributed by atoms with van der Waals surface area (Å²) in [6.45, 7) is 0.352. The molecular formula is C13H21NO2S. The van der Waals surface area contributed by atoms with Gasteiger partial charge in [0.05, 0.1) is 19.1 Å². The molecule has 0 aliphatic carbocycles. The van der Waals surface area contributed by atoms with Gasteiger partial charge in [-0.15, -0.1) is 11.8 Å². The molecule has 1 aromatic rings. The first kappa shape index (κ1) is 11.2. The highest BCUT2D eigenvalue weighted by Crippen LogP contribution is 2.36. The lowest BCUT2D eigenvalue weighted by Gasteiger charge is -2.14. The third-order valence-electron chi connectivity index (χ3n) is 2.32. The van der Waals surface area contributed by atoms with E-state index in [1.807, 2.05) is 12.1 Å². The van der Waals surface area contributed by atoms with Gasteiger partial charge < -0.3 is 15.2 Å². The monoisotopic (exact) mass is 257 g/mol. The van der Waals surface area contributed by atoms with Crippen LogP contribution in [0, 0.1) is 0 Å². The van der Waals surface area contributed by atoms with Crippen molar-refractivity contribution in [1.29, 1.82) is 0 Å². The van der Waals surface area contributed by atoms with Crippen molar-refractivity contribution in [2.24, 2.45) is 5.73 Å². The van der Waals surface area contributed by atoms with Crippen LogP contribution < -0.4 is 15.2 Å². The number of hydrogen-bond acceptors (Lipinski definition) is 4. The first-order valence-corrected chi connectivity index (χ1v) is 6.56. The van der Waals surface area contributed by atoms with Crippen molar-refractivity contribution in [2.45, 2.75) is 24.7 Å². The van der Waals surface area contributed by atoms with Gasteiger partial charge in [0.15, 0.2) is 0 Å². The van der Waals surface area contributed by atoms with E-state index in [2.05, 4.69) is 6.92 Å². The molecule has 0 amide bonds. The van der Waals surface area contributed by atoms with Gasteiger partial charge in [0.2, 0.25) is 0 Å². The number of hydrogen-bond donors (Lipinski definition) is 1. The standard InChI is InChI=1S/C13H21NO2S/c1-4-7-17-13-9-11(15-2)10(5-6-14)8-12(13)16-3/h8-9H,4-7,14H2,1-3H3/i6D2. The fraction of sp³-hybridized carbons (Fsp3) is 0.538. The number of ether oxygens (including phenoxy) is 2. The van der Waals surface area contributed by atoms with Crippen molar-refractivity contribution in [2.75, 3.05) is 26.5 Å². The maximum Gasteiger partial charge on any atom is 0.132 e. The Morgan fingerprint density at radius 3 is 2.53 bits per heavy atom. The first-order valence-electron chi connectivity index (χ1n) is 6.58. The minimum Gasteiger partial charge on any atom is -0.496 e. The normalized spacial score (nSPS) is 12.9. The summed E-state index contributed by atoms with van der Waals surface area (Å²) in [5.41, 5.74) is 6.15. The summed E-state index contributed by atoms with van der Waals surface area (Å²) in [4.78, 5) is 1.00. The molecule has 17 heavy (non-hydrogen) atoms. The van der Waals surface area contributed by atoms with Crippen molar-refractivity contribution in [3.63, 3.8) is 0 Å². The summed E-state index contributed by atoms with van der Waals surface area (Å²) in [7, 11) is 3.18. The van der Waals surface area contributed by atoms with Gasteiger partial charge in [0.1, 0.15) is 11.5 Å². The van der Waals surface area contributed by atoms with E-state index in [4.69, 9.17) is 17.9 Å². The van der Waals surface area contributed by atoms with Gasteiger partial charge in [-0.05, 0) is 42.8 Å². The Kier molecular flexibility index (Phi) is 4.93. The van der Waals surface area contributed by atoms with Crippen LogP contribution in [0.1, 0.15) is 21.6 Å². The highest BCUT2D eigenvalue weighted by atomic mass is 32.2. The molecule has 0 unspecified atom stereocenters. The average Bonchev–Trinajstić information content (AvgIpc) is 2.34. The largest absolute Gasteiger partial charge is 0.496 e. The van der Waals surface area contributed by atoms with Crippen molar-refractivity contribution in [3.8, 4) is 11.5 Å². The van der Waals surface area contributed by atoms with Crippen LogP contribution >= 0.6 is 11.8 Å². The summed E-state index contributed by atoms with van der Waals surface area (Å²) in [6, 6.07) is 3.70. The van der Waals surface area contributed by atoms with E-state index in [-0.39, 0.29) is 6.42 Å². The van der Waals surface area contributed by atoms with Gasteiger partial charge in [-0.3, -0.25) is 0 Å². The molecule has 1 rings (SSSR count). The number of methoxy groups -OCH3 is 2. The Bertz CT molecular complexity index is 422. The van der Waals surface area contributed by atoms with Gasteiger partial charge in [0, 0.05) is 2.74 Å². The summed E-state index contributed by atoms with van der Waals surface area (Å²) < 4.78 is 25.6. The topological polar surface area (TPSA) is 44.5 Å². The van der Waals surface area contributed by atoms with Crippen LogP contribution in [0.5, 0.6) is 11.5 Å². The Morgan fingerprint density at radius 1 is 1.29 bits per heavy atom. The Hall–Kier alpha value is -0.870. The Labute approximate surface area is 110 Å². The fourth-order valence-corrected chi connectivity index (χ4v) is 2.40. The van der Waals surface area contributed by atoms with Crippen LogP contribution in [0.3, 0.4) is 0 Å². The third kappa shape index (κ3) is 3.82. The van der Waals surface area contributed by atoms with Crippen molar-refractivity contribution in [1.82, 2.24) is 0 Å². The van der Waals surface area contributed by atoms with E-state index in [0.717, 1.165) is 22.8 Å². The molecule has 1 aromatic carbocycles. The van der Waals surface area contributed by atoms with Gasteiger partial charge >= 0.3 is 0 Å². The lowest BCUT2D eigenvalue weighted by atomic mass is 10.1. The zero-order valence-electron chi connectivity index (χ0n) is 12.6. The quantitative estimate of drug-likeness (QED) is 0.763. The van der Waals surface area contributed by atoms with Crippen LogP contribution in [0.2, 0.25) is 0 Å². The second kappa shape index (κ2) is 7.45. The summed E-state index contributed by atoms with van der Waals surface area (Å²) in [6.07, 6.45) is 1.16. The number of benzene rings is 1. The molecule has 0 bridgehead atoms. The highest BCUT2D eigenvalue weighted by molar-refractivity contribution is 7.99. The molecule has 0 saturated carbocycles. The molecule has 0 heterocycles. The number of nitrogens with two attached hydrogens (primary N) is 1. The molecule has 96 valence electrons. The zero-order valence-corrected chi connectivity index (χ0v) is 11.4. The molecular weight excluding hydrogens is 234 g/mol.